The molecule has 0 amide bonds. The van der Waals surface area contributed by atoms with Crippen LogP contribution in [0.25, 0.3) is 10.9 Å². The smallest absolute Gasteiger partial charge is 0.260 e. The number of nitrogens with two attached hydrogens (primary N) is 1. The largest absolute Gasteiger partial charge is 0.494 e. The standard InChI is InChI=1S/C20H20N2O3/c1-3-25-17-8-4-14(5-9-17)11-19(23)22-18-12-16(21)7-6-15(18)10-13(2)20(22)24/h4-10,12H,3,11,21H2,1-2H3. The Morgan fingerprint density at radius 3 is 2.52 bits per heavy atom. The van der Waals surface area contributed by atoms with Crippen LogP contribution in [0.1, 0.15) is 22.8 Å². The number of aromatic nitrogens is 1. The van der Waals surface area contributed by atoms with Gasteiger partial charge in [0.15, 0.2) is 0 Å². The minimum absolute atomic E-state index is 0.125. The third kappa shape index (κ3) is 3.40. The second kappa shape index (κ2) is 6.81. The van der Waals surface area contributed by atoms with Crippen molar-refractivity contribution in [2.45, 2.75) is 20.3 Å². The molecule has 0 aliphatic heterocycles. The summed E-state index contributed by atoms with van der Waals surface area (Å²) in [6, 6.07) is 14.3. The first kappa shape index (κ1) is 16.8. The molecule has 0 spiro atoms. The van der Waals surface area contributed by atoms with Crippen LogP contribution in [0.15, 0.2) is 53.3 Å². The van der Waals surface area contributed by atoms with E-state index in [0.29, 0.717) is 23.4 Å². The molecule has 0 unspecified atom stereocenters. The van der Waals surface area contributed by atoms with Crippen LogP contribution in [-0.2, 0) is 6.42 Å². The molecule has 5 heteroatoms. The molecule has 2 aromatic carbocycles. The highest BCUT2D eigenvalue weighted by Gasteiger charge is 2.14. The predicted octanol–water partition coefficient (Wildman–Crippen LogP) is 3.17. The predicted molar refractivity (Wildman–Crippen MR) is 99.3 cm³/mol. The fourth-order valence-electron chi connectivity index (χ4n) is 2.83. The van der Waals surface area contributed by atoms with Gasteiger partial charge in [0.25, 0.3) is 5.56 Å². The molecule has 0 aliphatic rings. The van der Waals surface area contributed by atoms with Gasteiger partial charge in [0.2, 0.25) is 5.91 Å². The number of hydrogen-bond acceptors (Lipinski definition) is 4. The number of aryl methyl sites for hydroxylation is 1. The number of benzene rings is 2. The van der Waals surface area contributed by atoms with E-state index >= 15 is 0 Å². The fraction of sp³-hybridized carbons (Fsp3) is 0.200. The molecule has 0 aliphatic carbocycles. The van der Waals surface area contributed by atoms with Gasteiger partial charge in [-0.2, -0.15) is 0 Å². The van der Waals surface area contributed by atoms with Crippen molar-refractivity contribution in [3.63, 3.8) is 0 Å². The Balaban J connectivity index is 2.00. The summed E-state index contributed by atoms with van der Waals surface area (Å²) in [4.78, 5) is 25.4. The Kier molecular flexibility index (Phi) is 4.57. The zero-order chi connectivity index (χ0) is 18.0. The van der Waals surface area contributed by atoms with Gasteiger partial charge in [-0.3, -0.25) is 9.59 Å². The summed E-state index contributed by atoms with van der Waals surface area (Å²) in [6.07, 6.45) is 0.125. The normalized spacial score (nSPS) is 10.8. The number of carbonyl (C=O) groups is 1. The zero-order valence-electron chi connectivity index (χ0n) is 14.3. The molecule has 5 nitrogen and oxygen atoms in total. The molecule has 3 aromatic rings. The van der Waals surface area contributed by atoms with Gasteiger partial charge < -0.3 is 10.5 Å². The van der Waals surface area contributed by atoms with Crippen LogP contribution >= 0.6 is 0 Å². The van der Waals surface area contributed by atoms with E-state index in [1.54, 1.807) is 25.1 Å². The topological polar surface area (TPSA) is 74.3 Å². The van der Waals surface area contributed by atoms with Crippen LogP contribution in [0.5, 0.6) is 5.75 Å². The molecule has 0 bridgehead atoms. The van der Waals surface area contributed by atoms with Crippen LogP contribution in [0.3, 0.4) is 0 Å². The molecule has 0 saturated heterocycles. The number of fused-ring (bicyclic) bond motifs is 1. The quantitative estimate of drug-likeness (QED) is 0.743. The summed E-state index contributed by atoms with van der Waals surface area (Å²) < 4.78 is 6.62. The van der Waals surface area contributed by atoms with E-state index in [2.05, 4.69) is 0 Å². The lowest BCUT2D eigenvalue weighted by atomic mass is 10.1. The van der Waals surface area contributed by atoms with Gasteiger partial charge in [0.05, 0.1) is 18.5 Å². The van der Waals surface area contributed by atoms with Crippen molar-refractivity contribution in [3.8, 4) is 5.75 Å². The average molecular weight is 336 g/mol. The highest BCUT2D eigenvalue weighted by atomic mass is 16.5. The van der Waals surface area contributed by atoms with E-state index in [4.69, 9.17) is 10.5 Å². The lowest BCUT2D eigenvalue weighted by molar-refractivity contribution is 0.0915. The van der Waals surface area contributed by atoms with Crippen LogP contribution in [0.2, 0.25) is 0 Å². The number of anilines is 1. The second-order valence-corrected chi connectivity index (χ2v) is 5.93. The first-order valence-electron chi connectivity index (χ1n) is 8.16. The summed E-state index contributed by atoms with van der Waals surface area (Å²) >= 11 is 0. The number of rotatable bonds is 4. The maximum atomic E-state index is 12.8. The number of nitrogens with zero attached hydrogens (tertiary/aromatic N) is 1. The van der Waals surface area contributed by atoms with Crippen molar-refractivity contribution in [1.29, 1.82) is 0 Å². The molecule has 128 valence electrons. The molecule has 2 N–H and O–H groups in total. The van der Waals surface area contributed by atoms with Crippen LogP contribution in [-0.4, -0.2) is 17.1 Å². The lowest BCUT2D eigenvalue weighted by Gasteiger charge is -2.11. The monoisotopic (exact) mass is 336 g/mol. The van der Waals surface area contributed by atoms with E-state index in [1.165, 1.54) is 4.57 Å². The average Bonchev–Trinajstić information content (AvgIpc) is 2.58. The third-order valence-electron chi connectivity index (χ3n) is 4.05. The molecule has 3 rings (SSSR count). The first-order chi connectivity index (χ1) is 12.0. The molecular formula is C20H20N2O3. The zero-order valence-corrected chi connectivity index (χ0v) is 14.3. The van der Waals surface area contributed by atoms with E-state index < -0.39 is 0 Å². The molecule has 0 fully saturated rings. The van der Waals surface area contributed by atoms with Crippen LogP contribution in [0.4, 0.5) is 5.69 Å². The molecule has 25 heavy (non-hydrogen) atoms. The Bertz CT molecular complexity index is 988. The summed E-state index contributed by atoms with van der Waals surface area (Å²) in [5.74, 6) is 0.470. The van der Waals surface area contributed by atoms with Crippen molar-refractivity contribution in [2.24, 2.45) is 0 Å². The Morgan fingerprint density at radius 2 is 1.84 bits per heavy atom. The van der Waals surface area contributed by atoms with Gasteiger partial charge in [-0.1, -0.05) is 18.2 Å². The Morgan fingerprint density at radius 1 is 1.12 bits per heavy atom. The minimum atomic E-state index is -0.311. The van der Waals surface area contributed by atoms with Gasteiger partial charge in [0.1, 0.15) is 5.75 Å². The number of hydrogen-bond donors (Lipinski definition) is 1. The van der Waals surface area contributed by atoms with Crippen LogP contribution in [0, 0.1) is 6.92 Å². The molecule has 0 atom stereocenters. The molecular weight excluding hydrogens is 316 g/mol. The number of pyridine rings is 1. The van der Waals surface area contributed by atoms with E-state index in [1.807, 2.05) is 37.3 Å². The van der Waals surface area contributed by atoms with E-state index in [9.17, 15) is 9.59 Å². The van der Waals surface area contributed by atoms with Crippen molar-refractivity contribution in [1.82, 2.24) is 4.57 Å². The summed E-state index contributed by atoms with van der Waals surface area (Å²) in [6.45, 7) is 4.21. The Hall–Kier alpha value is -3.08. The number of ether oxygens (including phenoxy) is 1. The van der Waals surface area contributed by atoms with Crippen molar-refractivity contribution < 1.29 is 9.53 Å². The van der Waals surface area contributed by atoms with Crippen molar-refractivity contribution in [3.05, 3.63) is 70.0 Å². The SMILES string of the molecule is CCOc1ccc(CC(=O)n2c(=O)c(C)cc3ccc(N)cc32)cc1. The number of carbonyl (C=O) groups excluding carboxylic acids is 1. The maximum Gasteiger partial charge on any atom is 0.260 e. The summed E-state index contributed by atoms with van der Waals surface area (Å²) in [7, 11) is 0. The summed E-state index contributed by atoms with van der Waals surface area (Å²) in [5.41, 5.74) is 7.92. The minimum Gasteiger partial charge on any atom is -0.494 e. The van der Waals surface area contributed by atoms with E-state index in [0.717, 1.165) is 16.7 Å². The Labute approximate surface area is 145 Å². The third-order valence-corrected chi connectivity index (χ3v) is 4.05. The maximum absolute atomic E-state index is 12.8. The van der Waals surface area contributed by atoms with Gasteiger partial charge >= 0.3 is 0 Å². The molecule has 0 saturated carbocycles. The van der Waals surface area contributed by atoms with Gasteiger partial charge in [0, 0.05) is 11.3 Å². The molecule has 1 heterocycles. The molecule has 1 aromatic heterocycles. The van der Waals surface area contributed by atoms with E-state index in [-0.39, 0.29) is 17.9 Å². The summed E-state index contributed by atoms with van der Waals surface area (Å²) in [5, 5.41) is 0.811. The first-order valence-corrected chi connectivity index (χ1v) is 8.16. The fourth-order valence-corrected chi connectivity index (χ4v) is 2.83. The van der Waals surface area contributed by atoms with Crippen molar-refractivity contribution >= 4 is 22.5 Å². The highest BCUT2D eigenvalue weighted by Crippen LogP contribution is 2.18. The highest BCUT2D eigenvalue weighted by molar-refractivity contribution is 5.93. The molecule has 0 radical (unpaired) electrons. The van der Waals surface area contributed by atoms with Crippen molar-refractivity contribution in [2.75, 3.05) is 12.3 Å². The van der Waals surface area contributed by atoms with Gasteiger partial charge in [-0.25, -0.2) is 4.57 Å². The number of nitrogen functional groups attached to an aromatic ring is 1. The van der Waals surface area contributed by atoms with Gasteiger partial charge in [-0.15, -0.1) is 0 Å². The van der Waals surface area contributed by atoms with Crippen LogP contribution < -0.4 is 16.0 Å². The lowest BCUT2D eigenvalue weighted by Crippen LogP contribution is -2.29. The van der Waals surface area contributed by atoms with Gasteiger partial charge in [-0.05, 0) is 55.1 Å². The second-order valence-electron chi connectivity index (χ2n) is 5.93.